The number of ether oxygens (including phenoxy) is 2. The number of rotatable bonds is 15. The topological polar surface area (TPSA) is 77.3 Å². The van der Waals surface area contributed by atoms with Gasteiger partial charge in [-0.3, -0.25) is 0 Å². The molecule has 8 heteroatoms. The summed E-state index contributed by atoms with van der Waals surface area (Å²) in [6, 6.07) is 0. The van der Waals surface area contributed by atoms with Gasteiger partial charge in [-0.2, -0.15) is 0 Å². The van der Waals surface area contributed by atoms with E-state index in [2.05, 4.69) is 20.3 Å². The Morgan fingerprint density at radius 3 is 1.28 bits per heavy atom. The highest BCUT2D eigenvalue weighted by Gasteiger charge is 2.64. The van der Waals surface area contributed by atoms with Crippen LogP contribution in [0.15, 0.2) is 9.98 Å². The van der Waals surface area contributed by atoms with Crippen molar-refractivity contribution in [2.24, 2.45) is 33.7 Å². The van der Waals surface area contributed by atoms with Gasteiger partial charge in [0.1, 0.15) is 0 Å². The van der Waals surface area contributed by atoms with E-state index in [0.29, 0.717) is 0 Å². The molecule has 182 valence electrons. The predicted molar refractivity (Wildman–Crippen MR) is 135 cm³/mol. The number of esters is 2. The number of hydrogen-bond donors (Lipinski definition) is 0. The van der Waals surface area contributed by atoms with Crippen molar-refractivity contribution < 1.29 is 19.1 Å². The molecule has 32 heavy (non-hydrogen) atoms. The molecule has 4 atom stereocenters. The smallest absolute Gasteiger partial charge is 0.338 e. The van der Waals surface area contributed by atoms with E-state index in [9.17, 15) is 9.59 Å². The van der Waals surface area contributed by atoms with Gasteiger partial charge in [-0.05, 0) is 60.9 Å². The molecule has 2 unspecified atom stereocenters. The van der Waals surface area contributed by atoms with Gasteiger partial charge in [0.25, 0.3) is 0 Å². The van der Waals surface area contributed by atoms with Crippen LogP contribution in [0, 0.1) is 23.7 Å². The van der Waals surface area contributed by atoms with Crippen LogP contribution in [0.1, 0.15) is 81.1 Å². The van der Waals surface area contributed by atoms with Gasteiger partial charge in [0.05, 0.1) is 23.5 Å². The van der Waals surface area contributed by atoms with Crippen molar-refractivity contribution in [2.75, 3.05) is 13.2 Å². The van der Waals surface area contributed by atoms with Gasteiger partial charge >= 0.3 is 11.9 Å². The normalized spacial score (nSPS) is 16.7. The minimum Gasteiger partial charge on any atom is -0.464 e. The van der Waals surface area contributed by atoms with E-state index in [0.717, 1.165) is 12.8 Å². The van der Waals surface area contributed by atoms with Gasteiger partial charge in [-0.1, -0.05) is 68.2 Å². The van der Waals surface area contributed by atoms with Crippen LogP contribution in [0.4, 0.5) is 0 Å². The van der Waals surface area contributed by atoms with Gasteiger partial charge in [-0.15, -0.1) is 0 Å². The summed E-state index contributed by atoms with van der Waals surface area (Å²) in [5.74, 6) is -1.10. The van der Waals surface area contributed by atoms with E-state index in [4.69, 9.17) is 33.9 Å². The second kappa shape index (κ2) is 14.6. The van der Waals surface area contributed by atoms with Crippen LogP contribution < -0.4 is 0 Å². The Morgan fingerprint density at radius 2 is 1.06 bits per heavy atom. The van der Waals surface area contributed by atoms with E-state index in [1.807, 2.05) is 55.4 Å². The number of carbonyl (C=O) groups is 2. The van der Waals surface area contributed by atoms with Crippen molar-refractivity contribution in [3.8, 4) is 0 Å². The molecule has 0 amide bonds. The molecule has 0 fully saturated rings. The van der Waals surface area contributed by atoms with Gasteiger partial charge in [0, 0.05) is 0 Å². The number of hydrogen-bond acceptors (Lipinski definition) is 8. The van der Waals surface area contributed by atoms with Crippen molar-refractivity contribution in [1.82, 2.24) is 0 Å². The standard InChI is InChI=1S/C24H40N2O4S2/c1-9-19(7)13-29-21(27)23(25-15-31,11-17(3)4)24(26-16-32,12-18(5)6)22(28)30-14-20(8)10-2/h17-20H,9-14H2,1-8H3/t19-,20-,23?,24?/m0/s1. The van der Waals surface area contributed by atoms with Crippen LogP contribution in [0.3, 0.4) is 0 Å². The molecule has 0 aromatic rings. The molecular weight excluding hydrogens is 444 g/mol. The van der Waals surface area contributed by atoms with Crippen LogP contribution >= 0.6 is 24.4 Å². The van der Waals surface area contributed by atoms with Crippen LogP contribution in [0.2, 0.25) is 0 Å². The average Bonchev–Trinajstić information content (AvgIpc) is 2.73. The zero-order valence-electron chi connectivity index (χ0n) is 20.9. The molecule has 0 radical (unpaired) electrons. The Bertz CT molecular complexity index is 655. The highest BCUT2D eigenvalue weighted by molar-refractivity contribution is 7.78. The lowest BCUT2D eigenvalue weighted by Gasteiger charge is -2.42. The van der Waals surface area contributed by atoms with Gasteiger partial charge in [0.2, 0.25) is 11.1 Å². The van der Waals surface area contributed by atoms with E-state index >= 15 is 0 Å². The first kappa shape index (κ1) is 30.5. The minimum absolute atomic E-state index is 0.0347. The number of nitrogens with zero attached hydrogens (tertiary/aromatic N) is 2. The fourth-order valence-electron chi connectivity index (χ4n) is 3.46. The second-order valence-electron chi connectivity index (χ2n) is 9.55. The molecule has 0 saturated carbocycles. The van der Waals surface area contributed by atoms with Gasteiger partial charge < -0.3 is 9.47 Å². The maximum atomic E-state index is 13.7. The summed E-state index contributed by atoms with van der Waals surface area (Å²) < 4.78 is 11.4. The van der Waals surface area contributed by atoms with Crippen molar-refractivity contribution in [2.45, 2.75) is 92.2 Å². The molecule has 0 rings (SSSR count). The van der Waals surface area contributed by atoms with E-state index < -0.39 is 23.0 Å². The zero-order valence-corrected chi connectivity index (χ0v) is 22.5. The first-order chi connectivity index (χ1) is 15.0. The average molecular weight is 485 g/mol. The molecule has 6 nitrogen and oxygen atoms in total. The molecule has 0 aliphatic carbocycles. The Labute approximate surface area is 204 Å². The van der Waals surface area contributed by atoms with Gasteiger partial charge in [0.15, 0.2) is 0 Å². The number of thiocarbonyl (C=S) groups is 2. The maximum absolute atomic E-state index is 13.7. The number of aliphatic imine (C=N–C) groups is 2. The second-order valence-corrected chi connectivity index (χ2v) is 9.91. The molecular formula is C24H40N2O4S2. The fraction of sp³-hybridized carbons (Fsp3) is 0.833. The summed E-state index contributed by atoms with van der Waals surface area (Å²) in [5, 5.41) is 4.68. The largest absolute Gasteiger partial charge is 0.464 e. The van der Waals surface area contributed by atoms with Crippen molar-refractivity contribution in [3.63, 3.8) is 0 Å². The molecule has 0 N–H and O–H groups in total. The maximum Gasteiger partial charge on any atom is 0.338 e. The minimum atomic E-state index is -1.75. The van der Waals surface area contributed by atoms with Gasteiger partial charge in [-0.25, -0.2) is 19.6 Å². The molecule has 0 heterocycles. The van der Waals surface area contributed by atoms with E-state index in [1.54, 1.807) is 0 Å². The molecule has 0 bridgehead atoms. The Balaban J connectivity index is 6.89. The van der Waals surface area contributed by atoms with E-state index in [1.165, 1.54) is 0 Å². The molecule has 0 aliphatic heterocycles. The molecule has 0 aromatic carbocycles. The highest BCUT2D eigenvalue weighted by atomic mass is 32.1. The molecule has 0 saturated heterocycles. The van der Waals surface area contributed by atoms with Crippen LogP contribution in [-0.2, 0) is 19.1 Å². The lowest BCUT2D eigenvalue weighted by molar-refractivity contribution is -0.167. The molecule has 0 spiro atoms. The number of isothiocyanates is 2. The summed E-state index contributed by atoms with van der Waals surface area (Å²) >= 11 is 9.89. The Kier molecular flexibility index (Phi) is 14.0. The Hall–Kier alpha value is -1.46. The summed E-state index contributed by atoms with van der Waals surface area (Å²) in [6.45, 7) is 16.1. The summed E-state index contributed by atoms with van der Waals surface area (Å²) in [5.41, 5.74) is -3.50. The summed E-state index contributed by atoms with van der Waals surface area (Å²) in [7, 11) is 0. The van der Waals surface area contributed by atoms with Crippen LogP contribution in [0.25, 0.3) is 0 Å². The summed E-state index contributed by atoms with van der Waals surface area (Å²) in [4.78, 5) is 36.0. The fourth-order valence-corrected chi connectivity index (χ4v) is 3.77. The van der Waals surface area contributed by atoms with Crippen molar-refractivity contribution in [3.05, 3.63) is 0 Å². The summed E-state index contributed by atoms with van der Waals surface area (Å²) in [6.07, 6.45) is 2.02. The Morgan fingerprint density at radius 1 is 0.750 bits per heavy atom. The third-order valence-electron chi connectivity index (χ3n) is 5.63. The SMILES string of the molecule is CC[C@H](C)COC(=O)C(CC(C)C)(N=C=S)C(CC(C)C)(N=C=S)C(=O)OC[C@@H](C)CC. The highest BCUT2D eigenvalue weighted by Crippen LogP contribution is 2.43. The third-order valence-corrected chi connectivity index (χ3v) is 5.81. The quantitative estimate of drug-likeness (QED) is 0.163. The monoisotopic (exact) mass is 484 g/mol. The van der Waals surface area contributed by atoms with Crippen molar-refractivity contribution >= 4 is 46.7 Å². The lowest BCUT2D eigenvalue weighted by Crippen LogP contribution is -2.63. The molecule has 0 aliphatic rings. The van der Waals surface area contributed by atoms with Crippen LogP contribution in [-0.4, -0.2) is 46.6 Å². The first-order valence-electron chi connectivity index (χ1n) is 11.5. The first-order valence-corrected chi connectivity index (χ1v) is 12.3. The predicted octanol–water partition coefficient (Wildman–Crippen LogP) is 5.94. The lowest BCUT2D eigenvalue weighted by atomic mass is 9.68. The van der Waals surface area contributed by atoms with E-state index in [-0.39, 0.29) is 49.7 Å². The zero-order chi connectivity index (χ0) is 24.9. The third kappa shape index (κ3) is 8.15. The van der Waals surface area contributed by atoms with Crippen LogP contribution in [0.5, 0.6) is 0 Å². The molecule has 0 aromatic heterocycles. The van der Waals surface area contributed by atoms with Crippen molar-refractivity contribution in [1.29, 1.82) is 0 Å². The number of carbonyl (C=O) groups excluding carboxylic acids is 2.